The Bertz CT molecular complexity index is 594. The lowest BCUT2D eigenvalue weighted by Crippen LogP contribution is -2.11. The third-order valence-corrected chi connectivity index (χ3v) is 2.89. The van der Waals surface area contributed by atoms with Crippen LogP contribution in [-0.2, 0) is 11.2 Å². The van der Waals surface area contributed by atoms with Crippen LogP contribution in [0.1, 0.15) is 17.7 Å². The smallest absolute Gasteiger partial charge is 0.217 e. The van der Waals surface area contributed by atoms with Gasteiger partial charge in [0.2, 0.25) is 5.91 Å². The highest BCUT2D eigenvalue weighted by molar-refractivity contribution is 5.88. The van der Waals surface area contributed by atoms with Gasteiger partial charge in [-0.25, -0.2) is 0 Å². The maximum atomic E-state index is 10.8. The zero-order valence-corrected chi connectivity index (χ0v) is 10.6. The number of nitrogens with two attached hydrogens (primary N) is 1. The van der Waals surface area contributed by atoms with E-state index in [0.29, 0.717) is 12.8 Å². The Labute approximate surface area is 106 Å². The molecule has 0 atom stereocenters. The van der Waals surface area contributed by atoms with Crippen molar-refractivity contribution in [2.24, 2.45) is 5.73 Å². The van der Waals surface area contributed by atoms with Crippen molar-refractivity contribution in [3.8, 4) is 5.75 Å². The van der Waals surface area contributed by atoms with Crippen molar-refractivity contribution in [1.29, 1.82) is 0 Å². The van der Waals surface area contributed by atoms with E-state index < -0.39 is 0 Å². The van der Waals surface area contributed by atoms with E-state index in [0.717, 1.165) is 27.9 Å². The molecule has 2 rings (SSSR count). The molecule has 0 bridgehead atoms. The van der Waals surface area contributed by atoms with Gasteiger partial charge in [-0.05, 0) is 37.1 Å². The van der Waals surface area contributed by atoms with Crippen LogP contribution in [0.2, 0.25) is 0 Å². The Balaban J connectivity index is 2.46. The molecule has 0 aliphatic rings. The monoisotopic (exact) mass is 244 g/mol. The quantitative estimate of drug-likeness (QED) is 0.894. The number of aryl methyl sites for hydroxylation is 2. The number of carbonyl (C=O) groups excluding carboxylic acids is 1. The number of ether oxygens (including phenoxy) is 1. The molecule has 4 heteroatoms. The number of benzene rings is 1. The Morgan fingerprint density at radius 2 is 2.22 bits per heavy atom. The molecule has 0 spiro atoms. The van der Waals surface area contributed by atoms with Gasteiger partial charge in [-0.3, -0.25) is 9.78 Å². The summed E-state index contributed by atoms with van der Waals surface area (Å²) in [6.45, 7) is 2.01. The number of rotatable bonds is 4. The van der Waals surface area contributed by atoms with Crippen molar-refractivity contribution < 1.29 is 9.53 Å². The highest BCUT2D eigenvalue weighted by Gasteiger charge is 2.08. The number of pyridine rings is 1. The van der Waals surface area contributed by atoms with Gasteiger partial charge in [0.1, 0.15) is 5.75 Å². The van der Waals surface area contributed by atoms with E-state index >= 15 is 0 Å². The van der Waals surface area contributed by atoms with Crippen molar-refractivity contribution in [2.45, 2.75) is 19.8 Å². The molecule has 4 nitrogen and oxygen atoms in total. The number of hydrogen-bond acceptors (Lipinski definition) is 3. The van der Waals surface area contributed by atoms with E-state index in [1.165, 1.54) is 0 Å². The number of primary amides is 1. The number of nitrogens with zero attached hydrogens (tertiary/aromatic N) is 1. The predicted molar refractivity (Wildman–Crippen MR) is 70.5 cm³/mol. The van der Waals surface area contributed by atoms with E-state index in [-0.39, 0.29) is 5.91 Å². The summed E-state index contributed by atoms with van der Waals surface area (Å²) in [5.74, 6) is 0.513. The van der Waals surface area contributed by atoms with Crippen LogP contribution in [0.5, 0.6) is 5.75 Å². The van der Waals surface area contributed by atoms with Crippen molar-refractivity contribution in [1.82, 2.24) is 4.98 Å². The first kappa shape index (κ1) is 12.4. The van der Waals surface area contributed by atoms with Gasteiger partial charge >= 0.3 is 0 Å². The first-order valence-electron chi connectivity index (χ1n) is 5.83. The van der Waals surface area contributed by atoms with E-state index in [1.807, 2.05) is 31.2 Å². The average molecular weight is 244 g/mol. The van der Waals surface area contributed by atoms with E-state index in [2.05, 4.69) is 4.98 Å². The fourth-order valence-corrected chi connectivity index (χ4v) is 2.07. The minimum atomic E-state index is -0.305. The maximum absolute atomic E-state index is 10.8. The number of methoxy groups -OCH3 is 1. The Morgan fingerprint density at radius 3 is 2.89 bits per heavy atom. The fourth-order valence-electron chi connectivity index (χ4n) is 2.07. The summed E-state index contributed by atoms with van der Waals surface area (Å²) in [5.41, 5.74) is 8.01. The summed E-state index contributed by atoms with van der Waals surface area (Å²) in [6, 6.07) is 7.75. The average Bonchev–Trinajstić information content (AvgIpc) is 2.35. The highest BCUT2D eigenvalue weighted by atomic mass is 16.5. The van der Waals surface area contributed by atoms with Crippen molar-refractivity contribution in [2.75, 3.05) is 7.11 Å². The maximum Gasteiger partial charge on any atom is 0.217 e. The lowest BCUT2D eigenvalue weighted by atomic mass is 10.1. The minimum Gasteiger partial charge on any atom is -0.496 e. The zero-order valence-electron chi connectivity index (χ0n) is 10.6. The van der Waals surface area contributed by atoms with E-state index in [4.69, 9.17) is 10.5 Å². The molecular formula is C14H16N2O2. The third kappa shape index (κ3) is 2.42. The van der Waals surface area contributed by atoms with Crippen molar-refractivity contribution in [3.05, 3.63) is 35.5 Å². The van der Waals surface area contributed by atoms with Crippen LogP contribution in [0, 0.1) is 6.92 Å². The normalized spacial score (nSPS) is 10.6. The van der Waals surface area contributed by atoms with Crippen LogP contribution in [0.3, 0.4) is 0 Å². The summed E-state index contributed by atoms with van der Waals surface area (Å²) in [6.07, 6.45) is 0.894. The molecule has 0 saturated heterocycles. The van der Waals surface area contributed by atoms with E-state index in [1.54, 1.807) is 7.11 Å². The molecule has 1 aromatic heterocycles. The SMILES string of the molecule is COc1cccc2nc(CCC(N)=O)cc(C)c12. The Morgan fingerprint density at radius 1 is 1.44 bits per heavy atom. The molecule has 1 amide bonds. The van der Waals surface area contributed by atoms with Crippen LogP contribution in [0.25, 0.3) is 10.9 Å². The largest absolute Gasteiger partial charge is 0.496 e. The number of fused-ring (bicyclic) bond motifs is 1. The van der Waals surface area contributed by atoms with Gasteiger partial charge in [0.25, 0.3) is 0 Å². The molecule has 1 heterocycles. The van der Waals surface area contributed by atoms with Gasteiger partial charge in [-0.15, -0.1) is 0 Å². The van der Waals surface area contributed by atoms with Crippen LogP contribution < -0.4 is 10.5 Å². The molecule has 0 unspecified atom stereocenters. The fraction of sp³-hybridized carbons (Fsp3) is 0.286. The molecule has 1 aromatic carbocycles. The number of amides is 1. The summed E-state index contributed by atoms with van der Waals surface area (Å²) < 4.78 is 5.33. The van der Waals surface area contributed by atoms with Crippen LogP contribution in [-0.4, -0.2) is 18.0 Å². The zero-order chi connectivity index (χ0) is 13.1. The second-order valence-corrected chi connectivity index (χ2v) is 4.25. The minimum absolute atomic E-state index is 0.305. The third-order valence-electron chi connectivity index (χ3n) is 2.89. The summed E-state index contributed by atoms with van der Waals surface area (Å²) in [5, 5.41) is 1.02. The molecule has 2 N–H and O–H groups in total. The number of carbonyl (C=O) groups is 1. The van der Waals surface area contributed by atoms with Gasteiger partial charge in [0.05, 0.1) is 12.6 Å². The second-order valence-electron chi connectivity index (χ2n) is 4.25. The van der Waals surface area contributed by atoms with Crippen molar-refractivity contribution >= 4 is 16.8 Å². The van der Waals surface area contributed by atoms with Gasteiger partial charge in [0.15, 0.2) is 0 Å². The van der Waals surface area contributed by atoms with Crippen LogP contribution in [0.15, 0.2) is 24.3 Å². The molecule has 0 radical (unpaired) electrons. The first-order chi connectivity index (χ1) is 8.61. The highest BCUT2D eigenvalue weighted by Crippen LogP contribution is 2.27. The molecule has 0 saturated carbocycles. The second kappa shape index (κ2) is 5.04. The van der Waals surface area contributed by atoms with Gasteiger partial charge < -0.3 is 10.5 Å². The predicted octanol–water partition coefficient (Wildman–Crippen LogP) is 1.97. The Kier molecular flexibility index (Phi) is 3.46. The van der Waals surface area contributed by atoms with E-state index in [9.17, 15) is 4.79 Å². The molecule has 18 heavy (non-hydrogen) atoms. The van der Waals surface area contributed by atoms with Gasteiger partial charge in [-0.1, -0.05) is 6.07 Å². The topological polar surface area (TPSA) is 65.2 Å². The Hall–Kier alpha value is -2.10. The van der Waals surface area contributed by atoms with Crippen molar-refractivity contribution in [3.63, 3.8) is 0 Å². The molecule has 94 valence electrons. The lowest BCUT2D eigenvalue weighted by molar-refractivity contribution is -0.118. The van der Waals surface area contributed by atoms with Gasteiger partial charge in [-0.2, -0.15) is 0 Å². The molecular weight excluding hydrogens is 228 g/mol. The summed E-state index contributed by atoms with van der Waals surface area (Å²) >= 11 is 0. The van der Waals surface area contributed by atoms with Crippen LogP contribution in [0.4, 0.5) is 0 Å². The number of hydrogen-bond donors (Lipinski definition) is 1. The first-order valence-corrected chi connectivity index (χ1v) is 5.83. The van der Waals surface area contributed by atoms with Gasteiger partial charge in [0, 0.05) is 17.5 Å². The molecule has 2 aromatic rings. The summed E-state index contributed by atoms with van der Waals surface area (Å²) in [4.78, 5) is 15.3. The standard InChI is InChI=1S/C14H16N2O2/c1-9-8-10(6-7-13(15)17)16-11-4-3-5-12(18-2)14(9)11/h3-5,8H,6-7H2,1-2H3,(H2,15,17). The summed E-state index contributed by atoms with van der Waals surface area (Å²) in [7, 11) is 1.65. The molecule has 0 aliphatic carbocycles. The van der Waals surface area contributed by atoms with Crippen LogP contribution >= 0.6 is 0 Å². The molecule has 0 aliphatic heterocycles. The molecule has 0 fully saturated rings. The lowest BCUT2D eigenvalue weighted by Gasteiger charge is -2.09. The number of aromatic nitrogens is 1.